The lowest BCUT2D eigenvalue weighted by Gasteiger charge is -2.25. The first kappa shape index (κ1) is 14.0. The van der Waals surface area contributed by atoms with Crippen molar-refractivity contribution in [1.29, 1.82) is 0 Å². The number of likely N-dealkylation sites (N-methyl/N-ethyl adjacent to an activating group) is 1. The van der Waals surface area contributed by atoms with Crippen LogP contribution in [0.3, 0.4) is 0 Å². The Labute approximate surface area is 106 Å². The van der Waals surface area contributed by atoms with Crippen molar-refractivity contribution in [3.8, 4) is 0 Å². The maximum absolute atomic E-state index is 12.1. The molecule has 0 saturated carbocycles. The van der Waals surface area contributed by atoms with Gasteiger partial charge in [0.1, 0.15) is 0 Å². The van der Waals surface area contributed by atoms with E-state index in [0.717, 1.165) is 5.03 Å². The molecule has 1 amide bonds. The average molecular weight is 254 g/mol. The molecule has 1 rings (SSSR count). The van der Waals surface area contributed by atoms with Crippen molar-refractivity contribution in [2.24, 2.45) is 0 Å². The first-order valence-electron chi connectivity index (χ1n) is 5.31. The minimum absolute atomic E-state index is 0.107. The predicted molar refractivity (Wildman–Crippen MR) is 69.3 cm³/mol. The third-order valence-electron chi connectivity index (χ3n) is 2.16. The molecule has 0 fully saturated rings. The van der Waals surface area contributed by atoms with Gasteiger partial charge in [0.25, 0.3) is 5.91 Å². The summed E-state index contributed by atoms with van der Waals surface area (Å²) in [6, 6.07) is 3.44. The minimum atomic E-state index is -0.889. The number of hydrogen-bond acceptors (Lipinski definition) is 4. The van der Waals surface area contributed by atoms with Gasteiger partial charge in [-0.3, -0.25) is 4.79 Å². The van der Waals surface area contributed by atoms with Gasteiger partial charge in [0, 0.05) is 25.4 Å². The summed E-state index contributed by atoms with van der Waals surface area (Å²) in [7, 11) is 1.68. The molecule has 0 atom stereocenters. The summed E-state index contributed by atoms with van der Waals surface area (Å²) in [5, 5.41) is 10.5. The first-order valence-corrected chi connectivity index (χ1v) is 6.54. The quantitative estimate of drug-likeness (QED) is 0.830. The highest BCUT2D eigenvalue weighted by Crippen LogP contribution is 2.14. The Balaban J connectivity index is 2.81. The molecule has 1 heterocycles. The summed E-state index contributed by atoms with van der Waals surface area (Å²) in [5.41, 5.74) is -0.295. The van der Waals surface area contributed by atoms with E-state index in [2.05, 4.69) is 4.98 Å². The fourth-order valence-corrected chi connectivity index (χ4v) is 1.94. The lowest BCUT2D eigenvalue weighted by molar-refractivity contribution is 0.0367. The van der Waals surface area contributed by atoms with Crippen LogP contribution in [0.5, 0.6) is 0 Å². The molecular weight excluding hydrogens is 236 g/mol. The van der Waals surface area contributed by atoms with Crippen LogP contribution in [0, 0.1) is 0 Å². The zero-order valence-corrected chi connectivity index (χ0v) is 11.4. The number of carbonyl (C=O) groups is 1. The van der Waals surface area contributed by atoms with E-state index in [4.69, 9.17) is 0 Å². The van der Waals surface area contributed by atoms with Crippen molar-refractivity contribution in [3.63, 3.8) is 0 Å². The highest BCUT2D eigenvalue weighted by Gasteiger charge is 2.20. The standard InChI is InChI=1S/C12H18N2O2S/c1-12(2,16)8-14(3)11(15)9-5-6-13-10(7-9)17-4/h5-7,16H,8H2,1-4H3. The zero-order chi connectivity index (χ0) is 13.1. The summed E-state index contributed by atoms with van der Waals surface area (Å²) in [6.45, 7) is 3.65. The molecule has 0 aromatic carbocycles. The van der Waals surface area contributed by atoms with E-state index in [9.17, 15) is 9.90 Å². The number of aromatic nitrogens is 1. The Bertz CT molecular complexity index is 402. The van der Waals surface area contributed by atoms with Crippen LogP contribution >= 0.6 is 11.8 Å². The van der Waals surface area contributed by atoms with Crippen molar-refractivity contribution in [1.82, 2.24) is 9.88 Å². The van der Waals surface area contributed by atoms with Crippen molar-refractivity contribution in [2.75, 3.05) is 19.8 Å². The van der Waals surface area contributed by atoms with Gasteiger partial charge < -0.3 is 10.0 Å². The van der Waals surface area contributed by atoms with E-state index in [1.807, 2.05) is 6.26 Å². The number of amides is 1. The fraction of sp³-hybridized carbons (Fsp3) is 0.500. The zero-order valence-electron chi connectivity index (χ0n) is 10.6. The highest BCUT2D eigenvalue weighted by atomic mass is 32.2. The minimum Gasteiger partial charge on any atom is -0.389 e. The van der Waals surface area contributed by atoms with Gasteiger partial charge in [-0.05, 0) is 32.2 Å². The third-order valence-corrected chi connectivity index (χ3v) is 2.80. The second-order valence-electron chi connectivity index (χ2n) is 4.56. The molecule has 1 aromatic rings. The Morgan fingerprint density at radius 3 is 2.76 bits per heavy atom. The SMILES string of the molecule is CSc1cc(C(=O)N(C)CC(C)(C)O)ccn1. The van der Waals surface area contributed by atoms with Crippen LogP contribution in [0.4, 0.5) is 0 Å². The summed E-state index contributed by atoms with van der Waals surface area (Å²) < 4.78 is 0. The second kappa shape index (κ2) is 5.51. The van der Waals surface area contributed by atoms with Crippen LogP contribution in [-0.2, 0) is 0 Å². The van der Waals surface area contributed by atoms with E-state index in [1.165, 1.54) is 16.7 Å². The van der Waals surface area contributed by atoms with E-state index < -0.39 is 5.60 Å². The fourth-order valence-electron chi connectivity index (χ4n) is 1.53. The monoisotopic (exact) mass is 254 g/mol. The molecule has 0 aliphatic heterocycles. The Morgan fingerprint density at radius 2 is 2.24 bits per heavy atom. The van der Waals surface area contributed by atoms with Crippen molar-refractivity contribution < 1.29 is 9.90 Å². The predicted octanol–water partition coefficient (Wildman–Crippen LogP) is 1.65. The molecular formula is C12H18N2O2S. The van der Waals surface area contributed by atoms with E-state index in [0.29, 0.717) is 12.1 Å². The van der Waals surface area contributed by atoms with Crippen LogP contribution < -0.4 is 0 Å². The number of hydrogen-bond donors (Lipinski definition) is 1. The number of nitrogens with zero attached hydrogens (tertiary/aromatic N) is 2. The molecule has 0 aliphatic carbocycles. The van der Waals surface area contributed by atoms with Crippen LogP contribution in [-0.4, -0.2) is 46.3 Å². The average Bonchev–Trinajstić information content (AvgIpc) is 2.26. The van der Waals surface area contributed by atoms with Crippen LogP contribution in [0.1, 0.15) is 24.2 Å². The molecule has 1 N–H and O–H groups in total. The van der Waals surface area contributed by atoms with Crippen molar-refractivity contribution >= 4 is 17.7 Å². The van der Waals surface area contributed by atoms with Gasteiger partial charge in [-0.15, -0.1) is 11.8 Å². The van der Waals surface area contributed by atoms with Crippen LogP contribution in [0.15, 0.2) is 23.4 Å². The van der Waals surface area contributed by atoms with E-state index >= 15 is 0 Å². The number of carbonyl (C=O) groups excluding carboxylic acids is 1. The van der Waals surface area contributed by atoms with Gasteiger partial charge in [-0.2, -0.15) is 0 Å². The third kappa shape index (κ3) is 4.36. The molecule has 0 radical (unpaired) electrons. The Morgan fingerprint density at radius 1 is 1.59 bits per heavy atom. The van der Waals surface area contributed by atoms with E-state index in [-0.39, 0.29) is 5.91 Å². The summed E-state index contributed by atoms with van der Waals surface area (Å²) in [5.74, 6) is -0.107. The molecule has 0 spiro atoms. The number of thioether (sulfide) groups is 1. The molecule has 0 saturated heterocycles. The Kier molecular flexibility index (Phi) is 4.54. The molecule has 94 valence electrons. The maximum atomic E-state index is 12.1. The molecule has 1 aromatic heterocycles. The van der Waals surface area contributed by atoms with Gasteiger partial charge in [0.2, 0.25) is 0 Å². The smallest absolute Gasteiger partial charge is 0.253 e. The summed E-state index contributed by atoms with van der Waals surface area (Å²) >= 11 is 1.49. The lowest BCUT2D eigenvalue weighted by atomic mass is 10.1. The molecule has 0 bridgehead atoms. The van der Waals surface area contributed by atoms with Gasteiger partial charge in [0.05, 0.1) is 10.6 Å². The van der Waals surface area contributed by atoms with Gasteiger partial charge >= 0.3 is 0 Å². The molecule has 0 aliphatic rings. The molecule has 17 heavy (non-hydrogen) atoms. The topological polar surface area (TPSA) is 53.4 Å². The van der Waals surface area contributed by atoms with Gasteiger partial charge in [0.15, 0.2) is 0 Å². The van der Waals surface area contributed by atoms with Crippen molar-refractivity contribution in [3.05, 3.63) is 23.9 Å². The van der Waals surface area contributed by atoms with E-state index in [1.54, 1.807) is 39.2 Å². The maximum Gasteiger partial charge on any atom is 0.253 e. The number of pyridine rings is 1. The van der Waals surface area contributed by atoms with Crippen molar-refractivity contribution in [2.45, 2.75) is 24.5 Å². The normalized spacial score (nSPS) is 11.4. The number of aliphatic hydroxyl groups is 1. The number of rotatable bonds is 4. The lowest BCUT2D eigenvalue weighted by Crippen LogP contribution is -2.39. The highest BCUT2D eigenvalue weighted by molar-refractivity contribution is 7.98. The Hall–Kier alpha value is -1.07. The molecule has 4 nitrogen and oxygen atoms in total. The molecule has 0 unspecified atom stereocenters. The van der Waals surface area contributed by atoms with Gasteiger partial charge in [-0.1, -0.05) is 0 Å². The first-order chi connectivity index (χ1) is 7.83. The summed E-state index contributed by atoms with van der Waals surface area (Å²) in [4.78, 5) is 17.7. The van der Waals surface area contributed by atoms with Crippen LogP contribution in [0.25, 0.3) is 0 Å². The van der Waals surface area contributed by atoms with Crippen LogP contribution in [0.2, 0.25) is 0 Å². The molecule has 5 heteroatoms. The summed E-state index contributed by atoms with van der Waals surface area (Å²) in [6.07, 6.45) is 3.54. The second-order valence-corrected chi connectivity index (χ2v) is 5.39. The van der Waals surface area contributed by atoms with Gasteiger partial charge in [-0.25, -0.2) is 4.98 Å². The largest absolute Gasteiger partial charge is 0.389 e.